The second-order valence-corrected chi connectivity index (χ2v) is 7.86. The summed E-state index contributed by atoms with van der Waals surface area (Å²) < 4.78 is 15.1. The van der Waals surface area contributed by atoms with E-state index < -0.39 is 5.82 Å². The molecular weight excluding hydrogens is 401 g/mol. The minimum absolute atomic E-state index is 0.276. The zero-order chi connectivity index (χ0) is 21.1. The van der Waals surface area contributed by atoms with Crippen LogP contribution in [0.5, 0.6) is 0 Å². The number of halogens is 1. The van der Waals surface area contributed by atoms with Gasteiger partial charge in [0, 0.05) is 27.4 Å². The standard InChI is InChI=1S/C22H20FN5OS/c1-3-5-19-14(2)26-22-24-13-25-28(22)21(19)30-18-10-8-17(9-11-18)27-20(29)15-6-4-7-16(23)12-15/h4,6-13H,3,5H2,1-2H3,(H,27,29). The van der Waals surface area contributed by atoms with E-state index in [-0.39, 0.29) is 11.5 Å². The molecule has 0 saturated carbocycles. The van der Waals surface area contributed by atoms with Crippen LogP contribution in [0.4, 0.5) is 10.1 Å². The lowest BCUT2D eigenvalue weighted by molar-refractivity contribution is 0.102. The smallest absolute Gasteiger partial charge is 0.255 e. The van der Waals surface area contributed by atoms with Crippen molar-refractivity contribution in [1.29, 1.82) is 0 Å². The van der Waals surface area contributed by atoms with E-state index in [1.54, 1.807) is 22.3 Å². The van der Waals surface area contributed by atoms with Gasteiger partial charge in [-0.3, -0.25) is 4.79 Å². The Hall–Kier alpha value is -3.26. The molecule has 0 bridgehead atoms. The van der Waals surface area contributed by atoms with Gasteiger partial charge >= 0.3 is 0 Å². The first-order valence-electron chi connectivity index (χ1n) is 9.59. The van der Waals surface area contributed by atoms with Crippen molar-refractivity contribution >= 4 is 29.1 Å². The number of hydrogen-bond donors (Lipinski definition) is 1. The van der Waals surface area contributed by atoms with E-state index in [4.69, 9.17) is 0 Å². The molecular formula is C22H20FN5OS. The van der Waals surface area contributed by atoms with Gasteiger partial charge in [0.25, 0.3) is 11.7 Å². The molecule has 8 heteroatoms. The van der Waals surface area contributed by atoms with Crippen LogP contribution >= 0.6 is 11.8 Å². The Labute approximate surface area is 177 Å². The lowest BCUT2D eigenvalue weighted by Gasteiger charge is -2.13. The second kappa shape index (κ2) is 8.62. The molecule has 1 amide bonds. The molecule has 1 N–H and O–H groups in total. The zero-order valence-electron chi connectivity index (χ0n) is 16.6. The summed E-state index contributed by atoms with van der Waals surface area (Å²) in [4.78, 5) is 22.1. The summed E-state index contributed by atoms with van der Waals surface area (Å²) in [6, 6.07) is 13.1. The number of anilines is 1. The van der Waals surface area contributed by atoms with Crippen LogP contribution in [0.3, 0.4) is 0 Å². The van der Waals surface area contributed by atoms with Gasteiger partial charge in [-0.1, -0.05) is 31.2 Å². The first-order valence-corrected chi connectivity index (χ1v) is 10.4. The molecule has 4 aromatic rings. The van der Waals surface area contributed by atoms with E-state index in [0.29, 0.717) is 11.5 Å². The third kappa shape index (κ3) is 4.18. The highest BCUT2D eigenvalue weighted by Crippen LogP contribution is 2.33. The summed E-state index contributed by atoms with van der Waals surface area (Å²) in [6.45, 7) is 4.13. The van der Waals surface area contributed by atoms with Crippen molar-refractivity contribution in [3.05, 3.63) is 77.5 Å². The van der Waals surface area contributed by atoms with Gasteiger partial charge in [0.05, 0.1) is 0 Å². The number of hydrogen-bond acceptors (Lipinski definition) is 5. The molecule has 0 fully saturated rings. The van der Waals surface area contributed by atoms with E-state index in [1.165, 1.54) is 24.5 Å². The number of nitrogens with one attached hydrogen (secondary N) is 1. The summed E-state index contributed by atoms with van der Waals surface area (Å²) in [7, 11) is 0. The predicted molar refractivity (Wildman–Crippen MR) is 114 cm³/mol. The lowest BCUT2D eigenvalue weighted by atomic mass is 10.1. The van der Waals surface area contributed by atoms with Gasteiger partial charge in [0.2, 0.25) is 0 Å². The maximum atomic E-state index is 13.3. The van der Waals surface area contributed by atoms with Crippen molar-refractivity contribution in [3.8, 4) is 0 Å². The molecule has 0 atom stereocenters. The molecule has 0 saturated heterocycles. The van der Waals surface area contributed by atoms with Crippen LogP contribution in [0.15, 0.2) is 64.8 Å². The average molecular weight is 422 g/mol. The Bertz CT molecular complexity index is 1210. The number of carbonyl (C=O) groups excluding carboxylic acids is 1. The number of fused-ring (bicyclic) bond motifs is 1. The van der Waals surface area contributed by atoms with Gasteiger partial charge in [0.15, 0.2) is 0 Å². The van der Waals surface area contributed by atoms with Crippen LogP contribution in [0.1, 0.15) is 35.0 Å². The van der Waals surface area contributed by atoms with E-state index in [1.807, 2.05) is 31.2 Å². The normalized spacial score (nSPS) is 11.0. The fraction of sp³-hybridized carbons (Fsp3) is 0.182. The first-order chi connectivity index (χ1) is 14.5. The molecule has 30 heavy (non-hydrogen) atoms. The molecule has 6 nitrogen and oxygen atoms in total. The van der Waals surface area contributed by atoms with Crippen LogP contribution in [0.25, 0.3) is 5.78 Å². The SMILES string of the molecule is CCCc1c(C)nc2ncnn2c1Sc1ccc(NC(=O)c2cccc(F)c2)cc1. The summed E-state index contributed by atoms with van der Waals surface area (Å²) in [5.74, 6) is -0.215. The van der Waals surface area contributed by atoms with Gasteiger partial charge in [0.1, 0.15) is 17.2 Å². The Morgan fingerprint density at radius 3 is 2.73 bits per heavy atom. The average Bonchev–Trinajstić information content (AvgIpc) is 3.20. The van der Waals surface area contributed by atoms with E-state index >= 15 is 0 Å². The second-order valence-electron chi connectivity index (χ2n) is 6.79. The topological polar surface area (TPSA) is 72.2 Å². The van der Waals surface area contributed by atoms with Crippen LogP contribution < -0.4 is 5.32 Å². The largest absolute Gasteiger partial charge is 0.322 e. The molecule has 0 aliphatic carbocycles. The third-order valence-corrected chi connectivity index (χ3v) is 5.72. The maximum absolute atomic E-state index is 13.3. The Balaban J connectivity index is 1.56. The number of rotatable bonds is 6. The summed E-state index contributed by atoms with van der Waals surface area (Å²) in [5.41, 5.74) is 3.03. The predicted octanol–water partition coefficient (Wildman–Crippen LogP) is 4.93. The van der Waals surface area contributed by atoms with Crippen molar-refractivity contribution in [3.63, 3.8) is 0 Å². The Morgan fingerprint density at radius 2 is 2.00 bits per heavy atom. The molecule has 0 aliphatic heterocycles. The van der Waals surface area contributed by atoms with Gasteiger partial charge in [-0.25, -0.2) is 9.37 Å². The minimum Gasteiger partial charge on any atom is -0.322 e. The van der Waals surface area contributed by atoms with Gasteiger partial charge < -0.3 is 5.32 Å². The number of nitrogens with zero attached hydrogens (tertiary/aromatic N) is 4. The lowest BCUT2D eigenvalue weighted by Crippen LogP contribution is -2.11. The first kappa shape index (κ1) is 20.0. The fourth-order valence-corrected chi connectivity index (χ4v) is 4.23. The van der Waals surface area contributed by atoms with E-state index in [2.05, 4.69) is 27.3 Å². The van der Waals surface area contributed by atoms with Crippen LogP contribution in [-0.2, 0) is 6.42 Å². The highest BCUT2D eigenvalue weighted by atomic mass is 32.2. The maximum Gasteiger partial charge on any atom is 0.255 e. The molecule has 152 valence electrons. The summed E-state index contributed by atoms with van der Waals surface area (Å²) in [6.07, 6.45) is 3.41. The number of aromatic nitrogens is 4. The summed E-state index contributed by atoms with van der Waals surface area (Å²) >= 11 is 1.59. The highest BCUT2D eigenvalue weighted by Gasteiger charge is 2.15. The van der Waals surface area contributed by atoms with Crippen molar-refractivity contribution in [1.82, 2.24) is 19.6 Å². The molecule has 2 aromatic heterocycles. The molecule has 2 heterocycles. The number of amides is 1. The van der Waals surface area contributed by atoms with Crippen LogP contribution in [0, 0.1) is 12.7 Å². The Kier molecular flexibility index (Phi) is 5.76. The van der Waals surface area contributed by atoms with Crippen molar-refractivity contribution in [2.75, 3.05) is 5.32 Å². The molecule has 2 aromatic carbocycles. The number of aryl methyl sites for hydroxylation is 1. The van der Waals surface area contributed by atoms with Crippen molar-refractivity contribution < 1.29 is 9.18 Å². The number of carbonyl (C=O) groups is 1. The van der Waals surface area contributed by atoms with Crippen molar-refractivity contribution in [2.45, 2.75) is 36.6 Å². The molecule has 0 spiro atoms. The van der Waals surface area contributed by atoms with Gasteiger partial charge in [-0.05, 0) is 55.8 Å². The quantitative estimate of drug-likeness (QED) is 0.447. The number of benzene rings is 2. The molecule has 0 unspecified atom stereocenters. The van der Waals surface area contributed by atoms with Crippen LogP contribution in [-0.4, -0.2) is 25.5 Å². The third-order valence-electron chi connectivity index (χ3n) is 4.60. The van der Waals surface area contributed by atoms with Gasteiger partial charge in [-0.2, -0.15) is 14.6 Å². The van der Waals surface area contributed by atoms with Crippen molar-refractivity contribution in [2.24, 2.45) is 0 Å². The molecule has 0 aliphatic rings. The fourth-order valence-electron chi connectivity index (χ4n) is 3.15. The minimum atomic E-state index is -0.440. The Morgan fingerprint density at radius 1 is 1.20 bits per heavy atom. The molecule has 0 radical (unpaired) electrons. The van der Waals surface area contributed by atoms with Crippen LogP contribution in [0.2, 0.25) is 0 Å². The van der Waals surface area contributed by atoms with Gasteiger partial charge in [-0.15, -0.1) is 0 Å². The monoisotopic (exact) mass is 421 g/mol. The summed E-state index contributed by atoms with van der Waals surface area (Å²) in [5, 5.41) is 8.12. The zero-order valence-corrected chi connectivity index (χ0v) is 17.4. The van der Waals surface area contributed by atoms with E-state index in [0.717, 1.165) is 34.0 Å². The van der Waals surface area contributed by atoms with E-state index in [9.17, 15) is 9.18 Å². The molecule has 4 rings (SSSR count). The highest BCUT2D eigenvalue weighted by molar-refractivity contribution is 7.99.